The summed E-state index contributed by atoms with van der Waals surface area (Å²) in [5.41, 5.74) is 1.82. The van der Waals surface area contributed by atoms with E-state index in [0.717, 1.165) is 30.8 Å². The molecule has 1 N–H and O–H groups in total. The van der Waals surface area contributed by atoms with Crippen LogP contribution in [0.3, 0.4) is 0 Å². The van der Waals surface area contributed by atoms with Crippen molar-refractivity contribution in [2.24, 2.45) is 0 Å². The lowest BCUT2D eigenvalue weighted by Crippen LogP contribution is -2.21. The zero-order valence-electron chi connectivity index (χ0n) is 10.7. The van der Waals surface area contributed by atoms with E-state index in [2.05, 4.69) is 15.6 Å². The molecule has 100 valence electrons. The van der Waals surface area contributed by atoms with E-state index in [-0.39, 0.29) is 5.82 Å². The van der Waals surface area contributed by atoms with Crippen LogP contribution in [0.25, 0.3) is 5.69 Å². The summed E-state index contributed by atoms with van der Waals surface area (Å²) in [6.45, 7) is 1.13. The highest BCUT2D eigenvalue weighted by Gasteiger charge is 2.14. The molecule has 4 nitrogen and oxygen atoms in total. The Kier molecular flexibility index (Phi) is 3.55. The van der Waals surface area contributed by atoms with E-state index in [9.17, 15) is 4.39 Å². The molecule has 0 spiro atoms. The van der Waals surface area contributed by atoms with E-state index >= 15 is 0 Å². The van der Waals surface area contributed by atoms with Crippen LogP contribution in [-0.4, -0.2) is 27.6 Å². The first kappa shape index (κ1) is 12.3. The first-order valence-electron chi connectivity index (χ1n) is 6.72. The molecular weight excluding hydrogens is 243 g/mol. The van der Waals surface area contributed by atoms with Crippen molar-refractivity contribution in [2.75, 3.05) is 6.54 Å². The Morgan fingerprint density at radius 3 is 2.89 bits per heavy atom. The van der Waals surface area contributed by atoms with Gasteiger partial charge in [-0.1, -0.05) is 5.21 Å². The topological polar surface area (TPSA) is 42.7 Å². The van der Waals surface area contributed by atoms with Gasteiger partial charge in [-0.15, -0.1) is 5.10 Å². The van der Waals surface area contributed by atoms with Crippen LogP contribution in [0.15, 0.2) is 30.5 Å². The molecular formula is C14H17FN4. The van der Waals surface area contributed by atoms with E-state index in [1.165, 1.54) is 25.0 Å². The molecule has 1 atom stereocenters. The van der Waals surface area contributed by atoms with Gasteiger partial charge in [0.15, 0.2) is 0 Å². The van der Waals surface area contributed by atoms with Crippen molar-refractivity contribution in [3.63, 3.8) is 0 Å². The van der Waals surface area contributed by atoms with Crippen molar-refractivity contribution in [1.29, 1.82) is 0 Å². The fraction of sp³-hybridized carbons (Fsp3) is 0.429. The van der Waals surface area contributed by atoms with Crippen LogP contribution in [-0.2, 0) is 6.42 Å². The summed E-state index contributed by atoms with van der Waals surface area (Å²) < 4.78 is 14.5. The molecule has 2 aromatic rings. The highest BCUT2D eigenvalue weighted by atomic mass is 19.1. The summed E-state index contributed by atoms with van der Waals surface area (Å²) in [5.74, 6) is -0.239. The molecule has 1 unspecified atom stereocenters. The number of nitrogens with zero attached hydrogens (tertiary/aromatic N) is 3. The quantitative estimate of drug-likeness (QED) is 0.915. The minimum Gasteiger partial charge on any atom is -0.314 e. The standard InChI is InChI=1S/C14H17FN4/c15-11-3-7-14(8-4-11)19-10-13(17-18-19)6-5-12-2-1-9-16-12/h3-4,7-8,10,12,16H,1-2,5-6,9H2. The monoisotopic (exact) mass is 260 g/mol. The molecule has 1 aliphatic heterocycles. The Balaban J connectivity index is 1.63. The fourth-order valence-electron chi connectivity index (χ4n) is 2.46. The summed E-state index contributed by atoms with van der Waals surface area (Å²) in [7, 11) is 0. The maximum absolute atomic E-state index is 12.8. The molecule has 1 saturated heterocycles. The maximum atomic E-state index is 12.8. The molecule has 2 heterocycles. The molecule has 0 saturated carbocycles. The van der Waals surface area contributed by atoms with Crippen LogP contribution in [0.4, 0.5) is 4.39 Å². The average Bonchev–Trinajstić information content (AvgIpc) is 3.09. The molecule has 0 amide bonds. The third-order valence-electron chi connectivity index (χ3n) is 3.54. The highest BCUT2D eigenvalue weighted by molar-refractivity contribution is 5.30. The number of benzene rings is 1. The van der Waals surface area contributed by atoms with Crippen LogP contribution in [0, 0.1) is 5.82 Å². The summed E-state index contributed by atoms with van der Waals surface area (Å²) in [5, 5.41) is 11.7. The molecule has 1 aromatic carbocycles. The molecule has 1 aliphatic rings. The molecule has 0 aliphatic carbocycles. The molecule has 1 fully saturated rings. The van der Waals surface area contributed by atoms with Crippen molar-refractivity contribution in [3.05, 3.63) is 42.0 Å². The second-order valence-electron chi connectivity index (χ2n) is 4.96. The van der Waals surface area contributed by atoms with Crippen LogP contribution in [0.5, 0.6) is 0 Å². The van der Waals surface area contributed by atoms with E-state index in [1.807, 2.05) is 6.20 Å². The van der Waals surface area contributed by atoms with Gasteiger partial charge in [-0.3, -0.25) is 0 Å². The van der Waals surface area contributed by atoms with Crippen LogP contribution >= 0.6 is 0 Å². The van der Waals surface area contributed by atoms with E-state index in [4.69, 9.17) is 0 Å². The van der Waals surface area contributed by atoms with Gasteiger partial charge in [-0.2, -0.15) is 0 Å². The SMILES string of the molecule is Fc1ccc(-n2cc(CCC3CCCN3)nn2)cc1. The predicted molar refractivity (Wildman–Crippen MR) is 70.7 cm³/mol. The van der Waals surface area contributed by atoms with E-state index in [1.54, 1.807) is 16.8 Å². The second-order valence-corrected chi connectivity index (χ2v) is 4.96. The number of aryl methyl sites for hydroxylation is 1. The first-order valence-corrected chi connectivity index (χ1v) is 6.72. The number of hydrogen-bond donors (Lipinski definition) is 1. The Morgan fingerprint density at radius 1 is 1.32 bits per heavy atom. The minimum atomic E-state index is -0.239. The number of hydrogen-bond acceptors (Lipinski definition) is 3. The highest BCUT2D eigenvalue weighted by Crippen LogP contribution is 2.13. The molecule has 5 heteroatoms. The predicted octanol–water partition coefficient (Wildman–Crippen LogP) is 2.09. The lowest BCUT2D eigenvalue weighted by molar-refractivity contribution is 0.555. The largest absolute Gasteiger partial charge is 0.314 e. The van der Waals surface area contributed by atoms with Crippen molar-refractivity contribution in [2.45, 2.75) is 31.7 Å². The van der Waals surface area contributed by atoms with Crippen LogP contribution < -0.4 is 5.32 Å². The zero-order chi connectivity index (χ0) is 13.1. The normalized spacial score (nSPS) is 18.9. The third kappa shape index (κ3) is 2.98. The van der Waals surface area contributed by atoms with Gasteiger partial charge in [0.25, 0.3) is 0 Å². The first-order chi connectivity index (χ1) is 9.31. The van der Waals surface area contributed by atoms with Crippen molar-refractivity contribution < 1.29 is 4.39 Å². The number of aromatic nitrogens is 3. The molecule has 3 rings (SSSR count). The van der Waals surface area contributed by atoms with Crippen molar-refractivity contribution in [3.8, 4) is 5.69 Å². The minimum absolute atomic E-state index is 0.239. The summed E-state index contributed by atoms with van der Waals surface area (Å²) in [6.07, 6.45) is 6.47. The van der Waals surface area contributed by atoms with Crippen molar-refractivity contribution in [1.82, 2.24) is 20.3 Å². The number of halogens is 1. The van der Waals surface area contributed by atoms with E-state index in [0.29, 0.717) is 6.04 Å². The summed E-state index contributed by atoms with van der Waals surface area (Å²) >= 11 is 0. The summed E-state index contributed by atoms with van der Waals surface area (Å²) in [4.78, 5) is 0. The average molecular weight is 260 g/mol. The smallest absolute Gasteiger partial charge is 0.123 e. The van der Waals surface area contributed by atoms with Gasteiger partial charge in [0, 0.05) is 6.04 Å². The number of nitrogens with one attached hydrogen (secondary N) is 1. The van der Waals surface area contributed by atoms with Gasteiger partial charge in [0.2, 0.25) is 0 Å². The van der Waals surface area contributed by atoms with Gasteiger partial charge in [0.05, 0.1) is 17.6 Å². The van der Waals surface area contributed by atoms with Gasteiger partial charge < -0.3 is 5.32 Å². The Hall–Kier alpha value is -1.75. The lowest BCUT2D eigenvalue weighted by atomic mass is 10.1. The fourth-order valence-corrected chi connectivity index (χ4v) is 2.46. The van der Waals surface area contributed by atoms with Gasteiger partial charge in [-0.25, -0.2) is 9.07 Å². The lowest BCUT2D eigenvalue weighted by Gasteiger charge is -2.07. The zero-order valence-corrected chi connectivity index (χ0v) is 10.7. The molecule has 1 aromatic heterocycles. The maximum Gasteiger partial charge on any atom is 0.123 e. The Labute approximate surface area is 111 Å². The second kappa shape index (κ2) is 5.48. The van der Waals surface area contributed by atoms with Gasteiger partial charge in [0.1, 0.15) is 5.82 Å². The number of rotatable bonds is 4. The van der Waals surface area contributed by atoms with Crippen molar-refractivity contribution >= 4 is 0 Å². The third-order valence-corrected chi connectivity index (χ3v) is 3.54. The molecule has 0 bridgehead atoms. The van der Waals surface area contributed by atoms with E-state index < -0.39 is 0 Å². The van der Waals surface area contributed by atoms with Crippen LogP contribution in [0.1, 0.15) is 25.0 Å². The van der Waals surface area contributed by atoms with Gasteiger partial charge >= 0.3 is 0 Å². The van der Waals surface area contributed by atoms with Gasteiger partial charge in [-0.05, 0) is 56.5 Å². The summed E-state index contributed by atoms with van der Waals surface area (Å²) in [6, 6.07) is 6.88. The Bertz CT molecular complexity index is 529. The molecule has 19 heavy (non-hydrogen) atoms. The molecule has 0 radical (unpaired) electrons. The Morgan fingerprint density at radius 2 is 2.16 bits per heavy atom. The van der Waals surface area contributed by atoms with Crippen LogP contribution in [0.2, 0.25) is 0 Å².